The van der Waals surface area contributed by atoms with Crippen LogP contribution in [-0.2, 0) is 0 Å². The molecule has 0 fully saturated rings. The van der Waals surface area contributed by atoms with Gasteiger partial charge in [0, 0.05) is 26.9 Å². The molecule has 1 aromatic rings. The molecule has 11 heavy (non-hydrogen) atoms. The van der Waals surface area contributed by atoms with E-state index in [-0.39, 0.29) is 0 Å². The molecule has 1 nitrogen and oxygen atoms in total. The highest BCUT2D eigenvalue weighted by atomic mass is 127. The molecule has 0 aliphatic rings. The zero-order chi connectivity index (χ0) is 8.27. The van der Waals surface area contributed by atoms with E-state index in [1.54, 1.807) is 7.05 Å². The minimum atomic E-state index is 1.09. The van der Waals surface area contributed by atoms with Gasteiger partial charge in [0.15, 0.2) is 0 Å². The van der Waals surface area contributed by atoms with Crippen LogP contribution in [0.4, 0.5) is 0 Å². The predicted octanol–water partition coefficient (Wildman–Crippen LogP) is 3.10. The summed E-state index contributed by atoms with van der Waals surface area (Å²) in [6, 6.07) is 6.13. The van der Waals surface area contributed by atoms with Crippen molar-refractivity contribution in [3.8, 4) is 0 Å². The average Bonchev–Trinajstić information content (AvgIpc) is 1.98. The highest BCUT2D eigenvalue weighted by Crippen LogP contribution is 2.16. The van der Waals surface area contributed by atoms with Gasteiger partial charge in [0.05, 0.1) is 0 Å². The summed E-state index contributed by atoms with van der Waals surface area (Å²) in [6.45, 7) is 0. The van der Waals surface area contributed by atoms with E-state index in [0.29, 0.717) is 0 Å². The Hall–Kier alpha value is 0.1000. The van der Waals surface area contributed by atoms with Crippen LogP contribution in [0.15, 0.2) is 27.7 Å². The summed E-state index contributed by atoms with van der Waals surface area (Å²) in [7, 11) is 1.77. The molecular weight excluding hydrogens is 317 g/mol. The molecule has 0 aliphatic heterocycles. The Labute approximate surface area is 88.2 Å². The van der Waals surface area contributed by atoms with Crippen LogP contribution in [0.5, 0.6) is 0 Å². The largest absolute Gasteiger partial charge is 0.296 e. The van der Waals surface area contributed by atoms with Crippen LogP contribution in [0.1, 0.15) is 5.56 Å². The summed E-state index contributed by atoms with van der Waals surface area (Å²) >= 11 is 5.69. The van der Waals surface area contributed by atoms with Crippen LogP contribution in [0.25, 0.3) is 0 Å². The molecule has 1 rings (SSSR count). The van der Waals surface area contributed by atoms with Crippen molar-refractivity contribution < 1.29 is 0 Å². The van der Waals surface area contributed by atoms with Gasteiger partial charge in [-0.05, 0) is 40.8 Å². The van der Waals surface area contributed by atoms with Crippen LogP contribution >= 0.6 is 38.5 Å². The summed E-state index contributed by atoms with van der Waals surface area (Å²) in [6.07, 6.45) is 1.85. The van der Waals surface area contributed by atoms with E-state index in [1.165, 1.54) is 3.57 Å². The van der Waals surface area contributed by atoms with Gasteiger partial charge in [0.25, 0.3) is 0 Å². The molecule has 0 saturated carbocycles. The van der Waals surface area contributed by atoms with E-state index in [2.05, 4.69) is 55.6 Å². The standard InChI is InChI=1S/C8H7BrIN/c1-11-5-6-4-7(9)2-3-8(6)10/h2-5H,1H3. The fourth-order valence-electron chi connectivity index (χ4n) is 0.753. The molecule has 0 spiro atoms. The highest BCUT2D eigenvalue weighted by molar-refractivity contribution is 14.1. The van der Waals surface area contributed by atoms with Crippen molar-refractivity contribution in [2.24, 2.45) is 4.99 Å². The first kappa shape index (κ1) is 9.19. The van der Waals surface area contributed by atoms with Crippen LogP contribution < -0.4 is 0 Å². The van der Waals surface area contributed by atoms with Gasteiger partial charge >= 0.3 is 0 Å². The Morgan fingerprint density at radius 1 is 1.55 bits per heavy atom. The molecule has 0 amide bonds. The fraction of sp³-hybridized carbons (Fsp3) is 0.125. The van der Waals surface area contributed by atoms with E-state index in [1.807, 2.05) is 12.3 Å². The first-order chi connectivity index (χ1) is 5.24. The van der Waals surface area contributed by atoms with Crippen molar-refractivity contribution in [1.82, 2.24) is 0 Å². The maximum Gasteiger partial charge on any atom is 0.0292 e. The first-order valence-electron chi connectivity index (χ1n) is 3.11. The van der Waals surface area contributed by atoms with Crippen LogP contribution in [-0.4, -0.2) is 13.3 Å². The number of rotatable bonds is 1. The second kappa shape index (κ2) is 4.21. The van der Waals surface area contributed by atoms with Gasteiger partial charge in [-0.15, -0.1) is 0 Å². The zero-order valence-corrected chi connectivity index (χ0v) is 9.76. The zero-order valence-electron chi connectivity index (χ0n) is 6.01. The molecule has 0 radical (unpaired) electrons. The maximum atomic E-state index is 3.96. The Kier molecular flexibility index (Phi) is 3.51. The van der Waals surface area contributed by atoms with Gasteiger partial charge in [-0.2, -0.15) is 0 Å². The van der Waals surface area contributed by atoms with E-state index in [9.17, 15) is 0 Å². The van der Waals surface area contributed by atoms with Gasteiger partial charge in [-0.3, -0.25) is 4.99 Å². The molecule has 0 aromatic heterocycles. The van der Waals surface area contributed by atoms with Crippen molar-refractivity contribution in [3.63, 3.8) is 0 Å². The second-order valence-corrected chi connectivity index (χ2v) is 4.13. The molecule has 0 N–H and O–H groups in total. The highest BCUT2D eigenvalue weighted by Gasteiger charge is 1.95. The van der Waals surface area contributed by atoms with Gasteiger partial charge in [0.1, 0.15) is 0 Å². The lowest BCUT2D eigenvalue weighted by molar-refractivity contribution is 1.45. The lowest BCUT2D eigenvalue weighted by Crippen LogP contribution is -1.85. The summed E-state index contributed by atoms with van der Waals surface area (Å²) < 4.78 is 2.31. The number of aliphatic imine (C=N–C) groups is 1. The van der Waals surface area contributed by atoms with Crippen LogP contribution in [0.3, 0.4) is 0 Å². The topological polar surface area (TPSA) is 12.4 Å². The number of halogens is 2. The van der Waals surface area contributed by atoms with Crippen LogP contribution in [0, 0.1) is 3.57 Å². The number of benzene rings is 1. The molecule has 0 bridgehead atoms. The van der Waals surface area contributed by atoms with Crippen LogP contribution in [0.2, 0.25) is 0 Å². The van der Waals surface area contributed by atoms with Gasteiger partial charge in [0.2, 0.25) is 0 Å². The molecule has 58 valence electrons. The number of nitrogens with zero attached hydrogens (tertiary/aromatic N) is 1. The predicted molar refractivity (Wildman–Crippen MR) is 60.4 cm³/mol. The third-order valence-electron chi connectivity index (χ3n) is 1.23. The van der Waals surface area contributed by atoms with E-state index in [4.69, 9.17) is 0 Å². The summed E-state index contributed by atoms with van der Waals surface area (Å²) in [4.78, 5) is 3.96. The van der Waals surface area contributed by atoms with Gasteiger partial charge < -0.3 is 0 Å². The normalized spacial score (nSPS) is 10.8. The Balaban J connectivity index is 3.12. The lowest BCUT2D eigenvalue weighted by atomic mass is 10.2. The minimum Gasteiger partial charge on any atom is -0.296 e. The molecule has 0 unspecified atom stereocenters. The van der Waals surface area contributed by atoms with Gasteiger partial charge in [-0.1, -0.05) is 15.9 Å². The van der Waals surface area contributed by atoms with Crippen molar-refractivity contribution in [2.45, 2.75) is 0 Å². The Morgan fingerprint density at radius 3 is 2.91 bits per heavy atom. The molecule has 1 aromatic carbocycles. The van der Waals surface area contributed by atoms with E-state index in [0.717, 1.165) is 10.0 Å². The molecule has 0 atom stereocenters. The summed E-state index contributed by atoms with van der Waals surface area (Å²) in [5.41, 5.74) is 1.16. The maximum absolute atomic E-state index is 3.96. The SMILES string of the molecule is CN=Cc1cc(Br)ccc1I. The third kappa shape index (κ3) is 2.56. The number of hydrogen-bond donors (Lipinski definition) is 0. The Bertz CT molecular complexity index is 283. The lowest BCUT2D eigenvalue weighted by Gasteiger charge is -1.97. The van der Waals surface area contributed by atoms with Crippen molar-refractivity contribution in [3.05, 3.63) is 31.8 Å². The van der Waals surface area contributed by atoms with Crippen molar-refractivity contribution >= 4 is 44.7 Å². The quantitative estimate of drug-likeness (QED) is 0.556. The first-order valence-corrected chi connectivity index (χ1v) is 4.98. The minimum absolute atomic E-state index is 1.09. The van der Waals surface area contributed by atoms with E-state index >= 15 is 0 Å². The fourth-order valence-corrected chi connectivity index (χ4v) is 1.61. The molecular formula is C8H7BrIN. The molecule has 3 heteroatoms. The average molecular weight is 324 g/mol. The van der Waals surface area contributed by atoms with E-state index < -0.39 is 0 Å². The van der Waals surface area contributed by atoms with Crippen molar-refractivity contribution in [2.75, 3.05) is 7.05 Å². The number of hydrogen-bond acceptors (Lipinski definition) is 1. The van der Waals surface area contributed by atoms with Gasteiger partial charge in [-0.25, -0.2) is 0 Å². The summed E-state index contributed by atoms with van der Waals surface area (Å²) in [5, 5.41) is 0. The summed E-state index contributed by atoms with van der Waals surface area (Å²) in [5.74, 6) is 0. The Morgan fingerprint density at radius 2 is 2.27 bits per heavy atom. The molecule has 0 aliphatic carbocycles. The monoisotopic (exact) mass is 323 g/mol. The molecule has 0 heterocycles. The third-order valence-corrected chi connectivity index (χ3v) is 2.70. The second-order valence-electron chi connectivity index (χ2n) is 2.05. The van der Waals surface area contributed by atoms with Crippen molar-refractivity contribution in [1.29, 1.82) is 0 Å². The smallest absolute Gasteiger partial charge is 0.0292 e. The molecule has 0 saturated heterocycles.